The molecule has 0 aliphatic carbocycles. The summed E-state index contributed by atoms with van der Waals surface area (Å²) in [5.41, 5.74) is 9.49. The van der Waals surface area contributed by atoms with E-state index in [1.54, 1.807) is 0 Å². The van der Waals surface area contributed by atoms with Crippen LogP contribution >= 0.6 is 0 Å². The predicted octanol–water partition coefficient (Wildman–Crippen LogP) is 0.111. The van der Waals surface area contributed by atoms with Crippen LogP contribution in [0.15, 0.2) is 18.2 Å². The van der Waals surface area contributed by atoms with E-state index in [0.717, 1.165) is 12.1 Å². The zero-order chi connectivity index (χ0) is 19.9. The van der Waals surface area contributed by atoms with E-state index in [2.05, 4.69) is 10.6 Å². The molecule has 9 heteroatoms. The van der Waals surface area contributed by atoms with Gasteiger partial charge in [-0.2, -0.15) is 0 Å². The van der Waals surface area contributed by atoms with Crippen molar-refractivity contribution >= 4 is 17.7 Å². The Morgan fingerprint density at radius 1 is 1.15 bits per heavy atom. The standard InChI is InChI=1S/C17H24F2N4O3/c1-17(2,16(21)26)23-15(25)13(4-3-5-20)22-14(24)8-10-6-11(18)9-12(19)7-10/h6-7,9,13H,3-5,8,20H2,1-2H3,(H2,21,26)(H,22,24)(H,23,25)/t13-/m1/s1. The maximum Gasteiger partial charge on any atom is 0.243 e. The fourth-order valence-electron chi connectivity index (χ4n) is 2.19. The lowest BCUT2D eigenvalue weighted by Gasteiger charge is -2.26. The van der Waals surface area contributed by atoms with Crippen LogP contribution in [-0.2, 0) is 20.8 Å². The van der Waals surface area contributed by atoms with Gasteiger partial charge in [0.1, 0.15) is 23.2 Å². The number of rotatable bonds is 9. The zero-order valence-corrected chi connectivity index (χ0v) is 14.8. The van der Waals surface area contributed by atoms with Crippen LogP contribution in [0.4, 0.5) is 8.78 Å². The fraction of sp³-hybridized carbons (Fsp3) is 0.471. The van der Waals surface area contributed by atoms with Gasteiger partial charge in [0.15, 0.2) is 0 Å². The molecule has 1 rings (SSSR count). The molecule has 0 heterocycles. The van der Waals surface area contributed by atoms with Gasteiger partial charge < -0.3 is 22.1 Å². The molecule has 26 heavy (non-hydrogen) atoms. The van der Waals surface area contributed by atoms with Crippen molar-refractivity contribution in [2.24, 2.45) is 11.5 Å². The number of amides is 3. The first-order chi connectivity index (χ1) is 12.0. The summed E-state index contributed by atoms with van der Waals surface area (Å²) >= 11 is 0. The smallest absolute Gasteiger partial charge is 0.243 e. The molecule has 7 nitrogen and oxygen atoms in total. The Hall–Kier alpha value is -2.55. The highest BCUT2D eigenvalue weighted by Crippen LogP contribution is 2.09. The molecule has 0 unspecified atom stereocenters. The van der Waals surface area contributed by atoms with Gasteiger partial charge in [0.25, 0.3) is 0 Å². The van der Waals surface area contributed by atoms with Gasteiger partial charge in [0.2, 0.25) is 17.7 Å². The van der Waals surface area contributed by atoms with E-state index in [9.17, 15) is 23.2 Å². The van der Waals surface area contributed by atoms with Gasteiger partial charge in [0, 0.05) is 6.07 Å². The van der Waals surface area contributed by atoms with Crippen LogP contribution in [0.3, 0.4) is 0 Å². The van der Waals surface area contributed by atoms with Crippen LogP contribution in [0.5, 0.6) is 0 Å². The molecule has 6 N–H and O–H groups in total. The van der Waals surface area contributed by atoms with Gasteiger partial charge in [-0.1, -0.05) is 0 Å². The average Bonchev–Trinajstić information content (AvgIpc) is 2.49. The average molecular weight is 370 g/mol. The normalized spacial score (nSPS) is 12.3. The second kappa shape index (κ2) is 9.23. The maximum atomic E-state index is 13.2. The summed E-state index contributed by atoms with van der Waals surface area (Å²) in [4.78, 5) is 35.9. The topological polar surface area (TPSA) is 127 Å². The lowest BCUT2D eigenvalue weighted by Crippen LogP contribution is -2.58. The molecule has 0 aliphatic heterocycles. The van der Waals surface area contributed by atoms with Crippen LogP contribution in [-0.4, -0.2) is 35.8 Å². The van der Waals surface area contributed by atoms with Crippen molar-refractivity contribution in [2.45, 2.75) is 44.7 Å². The first-order valence-corrected chi connectivity index (χ1v) is 8.11. The third-order valence-electron chi connectivity index (χ3n) is 3.69. The number of nitrogens with two attached hydrogens (primary N) is 2. The maximum absolute atomic E-state index is 13.2. The lowest BCUT2D eigenvalue weighted by atomic mass is 10.0. The first-order valence-electron chi connectivity index (χ1n) is 8.11. The summed E-state index contributed by atoms with van der Waals surface area (Å²) in [5, 5.41) is 4.96. The van der Waals surface area contributed by atoms with Crippen LogP contribution in [0.25, 0.3) is 0 Å². The Bertz CT molecular complexity index is 660. The Morgan fingerprint density at radius 3 is 2.23 bits per heavy atom. The summed E-state index contributed by atoms with van der Waals surface area (Å²) in [6.45, 7) is 3.17. The molecule has 0 aromatic heterocycles. The highest BCUT2D eigenvalue weighted by Gasteiger charge is 2.30. The number of hydrogen-bond donors (Lipinski definition) is 4. The van der Waals surface area contributed by atoms with Gasteiger partial charge in [-0.05, 0) is 50.9 Å². The van der Waals surface area contributed by atoms with Crippen molar-refractivity contribution in [2.75, 3.05) is 6.54 Å². The van der Waals surface area contributed by atoms with Gasteiger partial charge >= 0.3 is 0 Å². The molecule has 0 radical (unpaired) electrons. The lowest BCUT2D eigenvalue weighted by molar-refractivity contribution is -0.133. The van der Waals surface area contributed by atoms with Gasteiger partial charge in [0.05, 0.1) is 6.42 Å². The monoisotopic (exact) mass is 370 g/mol. The zero-order valence-electron chi connectivity index (χ0n) is 14.8. The summed E-state index contributed by atoms with van der Waals surface area (Å²) in [6, 6.07) is 1.81. The second-order valence-electron chi connectivity index (χ2n) is 6.48. The van der Waals surface area contributed by atoms with E-state index >= 15 is 0 Å². The molecular weight excluding hydrogens is 346 g/mol. The van der Waals surface area contributed by atoms with Crippen molar-refractivity contribution in [3.05, 3.63) is 35.4 Å². The Morgan fingerprint density at radius 2 is 1.73 bits per heavy atom. The summed E-state index contributed by atoms with van der Waals surface area (Å²) in [5.74, 6) is -3.52. The van der Waals surface area contributed by atoms with Crippen LogP contribution < -0.4 is 22.1 Å². The number of hydrogen-bond acceptors (Lipinski definition) is 4. The molecular formula is C17H24F2N4O3. The molecule has 0 saturated heterocycles. The Labute approximate surface area is 150 Å². The molecule has 1 aromatic rings. The van der Waals surface area contributed by atoms with E-state index in [1.807, 2.05) is 0 Å². The minimum Gasteiger partial charge on any atom is -0.368 e. The number of carbonyl (C=O) groups is 3. The number of halogens is 2. The highest BCUT2D eigenvalue weighted by molar-refractivity contribution is 5.93. The van der Waals surface area contributed by atoms with E-state index < -0.39 is 40.9 Å². The number of carbonyl (C=O) groups excluding carboxylic acids is 3. The van der Waals surface area contributed by atoms with Crippen LogP contribution in [0, 0.1) is 11.6 Å². The molecule has 0 spiro atoms. The SMILES string of the molecule is CC(C)(NC(=O)[C@@H](CCCN)NC(=O)Cc1cc(F)cc(F)c1)C(N)=O. The van der Waals surface area contributed by atoms with Crippen molar-refractivity contribution in [3.8, 4) is 0 Å². The Balaban J connectivity index is 2.80. The van der Waals surface area contributed by atoms with Crippen molar-refractivity contribution in [1.82, 2.24) is 10.6 Å². The first kappa shape index (κ1) is 21.5. The van der Waals surface area contributed by atoms with Gasteiger partial charge in [-0.15, -0.1) is 0 Å². The number of primary amides is 1. The van der Waals surface area contributed by atoms with Gasteiger partial charge in [-0.25, -0.2) is 8.78 Å². The number of benzene rings is 1. The molecule has 0 saturated carbocycles. The van der Waals surface area contributed by atoms with Gasteiger partial charge in [-0.3, -0.25) is 14.4 Å². The molecule has 3 amide bonds. The highest BCUT2D eigenvalue weighted by atomic mass is 19.1. The van der Waals surface area contributed by atoms with Crippen molar-refractivity contribution in [1.29, 1.82) is 0 Å². The van der Waals surface area contributed by atoms with E-state index in [-0.39, 0.29) is 18.4 Å². The molecule has 0 fully saturated rings. The summed E-state index contributed by atoms with van der Waals surface area (Å²) in [7, 11) is 0. The van der Waals surface area contributed by atoms with Crippen molar-refractivity contribution in [3.63, 3.8) is 0 Å². The molecule has 1 aromatic carbocycles. The van der Waals surface area contributed by atoms with Crippen LogP contribution in [0.2, 0.25) is 0 Å². The summed E-state index contributed by atoms with van der Waals surface area (Å²) in [6.07, 6.45) is 0.380. The predicted molar refractivity (Wildman–Crippen MR) is 91.7 cm³/mol. The third-order valence-corrected chi connectivity index (χ3v) is 3.69. The Kier molecular flexibility index (Phi) is 7.63. The second-order valence-corrected chi connectivity index (χ2v) is 6.48. The molecule has 0 bridgehead atoms. The van der Waals surface area contributed by atoms with Crippen molar-refractivity contribution < 1.29 is 23.2 Å². The molecule has 1 atom stereocenters. The molecule has 144 valence electrons. The minimum absolute atomic E-state index is 0.135. The summed E-state index contributed by atoms with van der Waals surface area (Å²) < 4.78 is 26.4. The molecule has 0 aliphatic rings. The largest absolute Gasteiger partial charge is 0.368 e. The van der Waals surface area contributed by atoms with E-state index in [0.29, 0.717) is 19.0 Å². The quantitative estimate of drug-likeness (QED) is 0.492. The fourth-order valence-corrected chi connectivity index (χ4v) is 2.19. The van der Waals surface area contributed by atoms with E-state index in [4.69, 9.17) is 11.5 Å². The van der Waals surface area contributed by atoms with E-state index in [1.165, 1.54) is 13.8 Å². The van der Waals surface area contributed by atoms with Crippen LogP contribution in [0.1, 0.15) is 32.3 Å². The minimum atomic E-state index is -1.30. The number of nitrogens with one attached hydrogen (secondary N) is 2. The third kappa shape index (κ3) is 6.75.